The van der Waals surface area contributed by atoms with Gasteiger partial charge in [0.05, 0.1) is 54.7 Å². The van der Waals surface area contributed by atoms with Gasteiger partial charge in [-0.05, 0) is 38.1 Å². The van der Waals surface area contributed by atoms with E-state index in [-0.39, 0.29) is 23.7 Å². The maximum absolute atomic E-state index is 13.4. The van der Waals surface area contributed by atoms with E-state index in [1.54, 1.807) is 24.3 Å². The molecule has 10 heteroatoms. The Morgan fingerprint density at radius 3 is 1.03 bits per heavy atom. The number of hydrogen-bond donors (Lipinski definition) is 0. The van der Waals surface area contributed by atoms with Gasteiger partial charge in [0.25, 0.3) is 0 Å². The Hall–Kier alpha value is -3.50. The first kappa shape index (κ1) is 29.1. The molecule has 3 rings (SSSR count). The summed E-state index contributed by atoms with van der Waals surface area (Å²) >= 11 is 0. The average Bonchev–Trinajstić information content (AvgIpc) is 2.97. The molecule has 0 aliphatic carbocycles. The summed E-state index contributed by atoms with van der Waals surface area (Å²) in [5.41, 5.74) is 0.973. The van der Waals surface area contributed by atoms with Crippen LogP contribution in [0.3, 0.4) is 0 Å². The van der Waals surface area contributed by atoms with E-state index in [9.17, 15) is 9.59 Å². The fraction of sp³-hybridized carbons (Fsp3) is 0.500. The quantitative estimate of drug-likeness (QED) is 0.381. The van der Waals surface area contributed by atoms with Gasteiger partial charge in [-0.2, -0.15) is 0 Å². The van der Waals surface area contributed by atoms with E-state index in [1.807, 2.05) is 13.8 Å². The molecule has 0 aromatic heterocycles. The second-order valence-corrected chi connectivity index (χ2v) is 8.98. The molecule has 0 bridgehead atoms. The number of carbonyl (C=O) groups is 2. The molecule has 0 amide bonds. The fourth-order valence-corrected chi connectivity index (χ4v) is 4.77. The molecule has 38 heavy (non-hydrogen) atoms. The minimum absolute atomic E-state index is 0.0424. The van der Waals surface area contributed by atoms with E-state index in [0.29, 0.717) is 71.8 Å². The van der Waals surface area contributed by atoms with Crippen LogP contribution >= 0.6 is 0 Å². The number of rotatable bonds is 12. The zero-order valence-corrected chi connectivity index (χ0v) is 23.5. The molecule has 0 spiro atoms. The first-order chi connectivity index (χ1) is 18.2. The van der Waals surface area contributed by atoms with E-state index in [0.717, 1.165) is 0 Å². The van der Waals surface area contributed by atoms with Gasteiger partial charge in [-0.25, -0.2) is 0 Å². The monoisotopic (exact) mass is 530 g/mol. The third-order valence-electron chi connectivity index (χ3n) is 7.10. The summed E-state index contributed by atoms with van der Waals surface area (Å²) in [5.74, 6) is 2.55. The number of nitrogens with zero attached hydrogens (tertiary/aromatic N) is 2. The Kier molecular flexibility index (Phi) is 9.82. The number of carbonyl (C=O) groups excluding carboxylic acids is 2. The second-order valence-electron chi connectivity index (χ2n) is 8.98. The zero-order valence-electron chi connectivity index (χ0n) is 23.5. The maximum atomic E-state index is 13.4. The molecule has 1 saturated heterocycles. The Balaban J connectivity index is 1.69. The minimum atomic E-state index is -0.360. The van der Waals surface area contributed by atoms with Crippen molar-refractivity contribution in [1.29, 1.82) is 0 Å². The molecule has 208 valence electrons. The number of benzene rings is 2. The Bertz CT molecular complexity index is 1000. The molecule has 0 N–H and O–H groups in total. The first-order valence-corrected chi connectivity index (χ1v) is 12.4. The molecular weight excluding hydrogens is 492 g/mol. The normalized spacial score (nSPS) is 15.8. The average molecular weight is 531 g/mol. The molecule has 2 unspecified atom stereocenters. The Morgan fingerprint density at radius 2 is 0.816 bits per heavy atom. The molecular formula is C28H38N2O8. The SMILES string of the molecule is COc1cc(C(=O)C(C)N2CCN(C(C)C(=O)c3cc(OC)c(OC)c(OC)c3)CC2)cc(OC)c1OC. The lowest BCUT2D eigenvalue weighted by molar-refractivity contribution is 0.0552. The van der Waals surface area contributed by atoms with Crippen LogP contribution in [-0.4, -0.2) is 102 Å². The molecule has 2 aromatic carbocycles. The van der Waals surface area contributed by atoms with E-state index < -0.39 is 0 Å². The summed E-state index contributed by atoms with van der Waals surface area (Å²) in [6.07, 6.45) is 0. The topological polar surface area (TPSA) is 96.0 Å². The number of piperazine rings is 1. The van der Waals surface area contributed by atoms with Gasteiger partial charge >= 0.3 is 0 Å². The van der Waals surface area contributed by atoms with Crippen molar-refractivity contribution in [2.24, 2.45) is 0 Å². The molecule has 1 aliphatic rings. The van der Waals surface area contributed by atoms with Crippen LogP contribution in [0.4, 0.5) is 0 Å². The maximum Gasteiger partial charge on any atom is 0.203 e. The van der Waals surface area contributed by atoms with Gasteiger partial charge in [0.1, 0.15) is 0 Å². The first-order valence-electron chi connectivity index (χ1n) is 12.4. The van der Waals surface area contributed by atoms with Gasteiger partial charge in [-0.15, -0.1) is 0 Å². The van der Waals surface area contributed by atoms with E-state index in [4.69, 9.17) is 28.4 Å². The summed E-state index contributed by atoms with van der Waals surface area (Å²) < 4.78 is 32.4. The van der Waals surface area contributed by atoms with Crippen molar-refractivity contribution in [1.82, 2.24) is 9.80 Å². The largest absolute Gasteiger partial charge is 0.493 e. The third-order valence-corrected chi connectivity index (χ3v) is 7.10. The predicted molar refractivity (Wildman–Crippen MR) is 143 cm³/mol. The Labute approximate surface area is 224 Å². The van der Waals surface area contributed by atoms with Crippen LogP contribution < -0.4 is 28.4 Å². The summed E-state index contributed by atoms with van der Waals surface area (Å²) in [7, 11) is 9.14. The van der Waals surface area contributed by atoms with Crippen molar-refractivity contribution in [2.45, 2.75) is 25.9 Å². The lowest BCUT2D eigenvalue weighted by Crippen LogP contribution is -2.55. The molecule has 10 nitrogen and oxygen atoms in total. The van der Waals surface area contributed by atoms with Crippen LogP contribution in [-0.2, 0) is 0 Å². The number of methoxy groups -OCH3 is 6. The van der Waals surface area contributed by atoms with Crippen LogP contribution in [0, 0.1) is 0 Å². The van der Waals surface area contributed by atoms with Gasteiger partial charge in [0.2, 0.25) is 11.5 Å². The van der Waals surface area contributed by atoms with Gasteiger partial charge in [-0.1, -0.05) is 0 Å². The van der Waals surface area contributed by atoms with E-state index in [1.165, 1.54) is 42.7 Å². The van der Waals surface area contributed by atoms with Crippen LogP contribution in [0.5, 0.6) is 34.5 Å². The highest BCUT2D eigenvalue weighted by Gasteiger charge is 2.32. The van der Waals surface area contributed by atoms with Crippen molar-refractivity contribution in [2.75, 3.05) is 68.8 Å². The number of ether oxygens (including phenoxy) is 6. The van der Waals surface area contributed by atoms with Gasteiger partial charge < -0.3 is 28.4 Å². The Morgan fingerprint density at radius 1 is 0.553 bits per heavy atom. The van der Waals surface area contributed by atoms with Crippen LogP contribution in [0.1, 0.15) is 34.6 Å². The molecule has 2 atom stereocenters. The molecule has 1 aliphatic heterocycles. The van der Waals surface area contributed by atoms with Crippen molar-refractivity contribution in [3.05, 3.63) is 35.4 Å². The van der Waals surface area contributed by atoms with Gasteiger partial charge in [-0.3, -0.25) is 19.4 Å². The van der Waals surface area contributed by atoms with Crippen LogP contribution in [0.2, 0.25) is 0 Å². The van der Waals surface area contributed by atoms with E-state index >= 15 is 0 Å². The molecule has 1 heterocycles. The van der Waals surface area contributed by atoms with E-state index in [2.05, 4.69) is 9.80 Å². The van der Waals surface area contributed by atoms with Gasteiger partial charge in [0, 0.05) is 37.3 Å². The fourth-order valence-electron chi connectivity index (χ4n) is 4.77. The molecule has 0 radical (unpaired) electrons. The molecule has 1 fully saturated rings. The van der Waals surface area contributed by atoms with Crippen molar-refractivity contribution < 1.29 is 38.0 Å². The highest BCUT2D eigenvalue weighted by atomic mass is 16.5. The van der Waals surface area contributed by atoms with Crippen molar-refractivity contribution in [3.63, 3.8) is 0 Å². The second kappa shape index (κ2) is 12.8. The van der Waals surface area contributed by atoms with Crippen molar-refractivity contribution in [3.8, 4) is 34.5 Å². The lowest BCUT2D eigenvalue weighted by Gasteiger charge is -2.39. The molecule has 0 saturated carbocycles. The van der Waals surface area contributed by atoms with Crippen LogP contribution in [0.15, 0.2) is 24.3 Å². The van der Waals surface area contributed by atoms with Gasteiger partial charge in [0.15, 0.2) is 34.6 Å². The highest BCUT2D eigenvalue weighted by Crippen LogP contribution is 2.39. The highest BCUT2D eigenvalue weighted by molar-refractivity contribution is 6.01. The van der Waals surface area contributed by atoms with Crippen molar-refractivity contribution >= 4 is 11.6 Å². The molecule has 2 aromatic rings. The smallest absolute Gasteiger partial charge is 0.203 e. The zero-order chi connectivity index (χ0) is 28.0. The third kappa shape index (κ3) is 5.81. The summed E-state index contributed by atoms with van der Waals surface area (Å²) in [5, 5.41) is 0. The summed E-state index contributed by atoms with van der Waals surface area (Å²) in [6, 6.07) is 5.98. The lowest BCUT2D eigenvalue weighted by atomic mass is 10.0. The predicted octanol–water partition coefficient (Wildman–Crippen LogP) is 3.20. The number of Topliss-reactive ketones (excluding diaryl/α,β-unsaturated/α-hetero) is 2. The standard InChI is InChI=1S/C28H38N2O8/c1-17(25(31)19-13-21(33-3)27(37-7)22(14-19)34-4)29-9-11-30(12-10-29)18(2)26(32)20-15-23(35-5)28(38-8)24(16-20)36-6/h13-18H,9-12H2,1-8H3. The summed E-state index contributed by atoms with van der Waals surface area (Å²) in [6.45, 7) is 6.36. The minimum Gasteiger partial charge on any atom is -0.493 e. The van der Waals surface area contributed by atoms with Crippen LogP contribution in [0.25, 0.3) is 0 Å². The number of ketones is 2. The summed E-state index contributed by atoms with van der Waals surface area (Å²) in [4.78, 5) is 31.0. The number of hydrogen-bond acceptors (Lipinski definition) is 10.